The number of aryl methyl sites for hydroxylation is 2. The van der Waals surface area contributed by atoms with E-state index in [4.69, 9.17) is 9.15 Å². The summed E-state index contributed by atoms with van der Waals surface area (Å²) >= 11 is 0. The van der Waals surface area contributed by atoms with E-state index in [9.17, 15) is 39.9 Å². The second-order valence-electron chi connectivity index (χ2n) is 10.2. The maximum Gasteiger partial charge on any atom is 0.306 e. The van der Waals surface area contributed by atoms with Crippen LogP contribution in [0.15, 0.2) is 62.5 Å². The number of rotatable bonds is 5. The van der Waals surface area contributed by atoms with Crippen LogP contribution in [0.25, 0.3) is 33.2 Å². The molecular weight excluding hydrogens is 546 g/mol. The first-order valence-corrected chi connectivity index (χ1v) is 13.1. The molecule has 0 spiro atoms. The maximum absolute atomic E-state index is 14.0. The zero-order valence-corrected chi connectivity index (χ0v) is 22.2. The molecule has 1 atom stereocenters. The second-order valence-corrected chi connectivity index (χ2v) is 10.2. The van der Waals surface area contributed by atoms with Crippen LogP contribution in [0.5, 0.6) is 28.7 Å². The molecule has 1 aliphatic rings. The molecule has 0 aliphatic carbocycles. The minimum absolute atomic E-state index is 0.0113. The zero-order valence-electron chi connectivity index (χ0n) is 22.2. The van der Waals surface area contributed by atoms with Gasteiger partial charge >= 0.3 is 5.97 Å². The fraction of sp³-hybridized carbons (Fsp3) is 0.194. The molecule has 42 heavy (non-hydrogen) atoms. The lowest BCUT2D eigenvalue weighted by molar-refractivity contribution is -0.140. The van der Waals surface area contributed by atoms with Crippen LogP contribution < -0.4 is 11.0 Å². The maximum atomic E-state index is 14.0. The standard InChI is InChI=1S/C31H25NO10/c1-41-23(37)12-17(18-10-15-5-2-4-14-6-3-9-32(26(14)15)31(18)40)24-21(35)13-22(36)25-27(38)28(39)29(42-30(24)25)16-7-8-19(33)20(34)11-16/h2,4-5,7-8,10-11,13,17,33-36,39H,3,6,9,12H2,1H3/t17-/m0/s1. The van der Waals surface area contributed by atoms with Crippen LogP contribution in [0.2, 0.25) is 0 Å². The number of ether oxygens (including phenoxy) is 1. The molecule has 11 heteroatoms. The number of phenolic OH excluding ortho intramolecular Hbond substituents is 4. The number of nitrogens with zero attached hydrogens (tertiary/aromatic N) is 1. The number of phenols is 4. The average molecular weight is 572 g/mol. The summed E-state index contributed by atoms with van der Waals surface area (Å²) in [6.45, 7) is 0.435. The van der Waals surface area contributed by atoms with E-state index in [1.54, 1.807) is 10.6 Å². The molecule has 214 valence electrons. The smallest absolute Gasteiger partial charge is 0.306 e. The lowest BCUT2D eigenvalue weighted by Gasteiger charge is -2.24. The van der Waals surface area contributed by atoms with Crippen molar-refractivity contribution in [3.8, 4) is 40.1 Å². The van der Waals surface area contributed by atoms with Crippen LogP contribution in [0.3, 0.4) is 0 Å². The molecule has 1 aliphatic heterocycles. The van der Waals surface area contributed by atoms with Gasteiger partial charge < -0.3 is 39.3 Å². The summed E-state index contributed by atoms with van der Waals surface area (Å²) in [4.78, 5) is 40.0. The Hall–Kier alpha value is -5.45. The molecule has 2 aromatic heterocycles. The number of para-hydroxylation sites is 1. The van der Waals surface area contributed by atoms with Gasteiger partial charge in [0.25, 0.3) is 5.56 Å². The van der Waals surface area contributed by atoms with E-state index < -0.39 is 74.8 Å². The summed E-state index contributed by atoms with van der Waals surface area (Å²) in [5.41, 5.74) is -0.132. The Morgan fingerprint density at radius 1 is 0.976 bits per heavy atom. The molecule has 3 aromatic carbocycles. The summed E-state index contributed by atoms with van der Waals surface area (Å²) in [6.07, 6.45) is 1.08. The number of esters is 1. The van der Waals surface area contributed by atoms with E-state index in [1.165, 1.54) is 13.2 Å². The molecule has 0 bridgehead atoms. The first kappa shape index (κ1) is 26.8. The summed E-state index contributed by atoms with van der Waals surface area (Å²) < 4.78 is 12.5. The topological polar surface area (TPSA) is 180 Å². The van der Waals surface area contributed by atoms with E-state index in [-0.39, 0.29) is 16.7 Å². The number of pyridine rings is 1. The van der Waals surface area contributed by atoms with Crippen molar-refractivity contribution in [3.05, 3.63) is 85.8 Å². The normalized spacial score (nSPS) is 13.4. The van der Waals surface area contributed by atoms with E-state index >= 15 is 0 Å². The molecule has 0 amide bonds. The van der Waals surface area contributed by atoms with E-state index in [1.807, 2.05) is 18.2 Å². The van der Waals surface area contributed by atoms with Crippen molar-refractivity contribution in [1.82, 2.24) is 4.57 Å². The minimum Gasteiger partial charge on any atom is -0.507 e. The zero-order chi connectivity index (χ0) is 29.9. The number of aromatic nitrogens is 1. The van der Waals surface area contributed by atoms with Gasteiger partial charge in [0.05, 0.1) is 19.0 Å². The number of aromatic hydroxyl groups is 5. The van der Waals surface area contributed by atoms with Crippen molar-refractivity contribution in [2.75, 3.05) is 7.11 Å². The number of fused-ring (bicyclic) bond motifs is 1. The highest BCUT2D eigenvalue weighted by atomic mass is 16.5. The summed E-state index contributed by atoms with van der Waals surface area (Å²) in [5, 5.41) is 52.6. The van der Waals surface area contributed by atoms with Crippen molar-refractivity contribution in [2.24, 2.45) is 0 Å². The highest BCUT2D eigenvalue weighted by molar-refractivity contribution is 5.93. The van der Waals surface area contributed by atoms with E-state index in [0.717, 1.165) is 47.5 Å². The molecule has 0 saturated heterocycles. The fourth-order valence-corrected chi connectivity index (χ4v) is 5.79. The lowest BCUT2D eigenvalue weighted by Crippen LogP contribution is -2.30. The molecule has 0 radical (unpaired) electrons. The van der Waals surface area contributed by atoms with Crippen molar-refractivity contribution < 1.29 is 39.5 Å². The third-order valence-electron chi connectivity index (χ3n) is 7.75. The molecule has 3 heterocycles. The molecule has 5 aromatic rings. The van der Waals surface area contributed by atoms with Crippen LogP contribution in [0.4, 0.5) is 0 Å². The molecular formula is C31H25NO10. The largest absolute Gasteiger partial charge is 0.507 e. The summed E-state index contributed by atoms with van der Waals surface area (Å²) in [6, 6.07) is 11.6. The third kappa shape index (κ3) is 4.09. The van der Waals surface area contributed by atoms with Gasteiger partial charge in [-0.15, -0.1) is 0 Å². The quantitative estimate of drug-likeness (QED) is 0.153. The van der Waals surface area contributed by atoms with Gasteiger partial charge in [0.1, 0.15) is 22.5 Å². The van der Waals surface area contributed by atoms with Crippen molar-refractivity contribution in [3.63, 3.8) is 0 Å². The Balaban J connectivity index is 1.70. The fourth-order valence-electron chi connectivity index (χ4n) is 5.79. The van der Waals surface area contributed by atoms with Crippen LogP contribution in [-0.2, 0) is 22.5 Å². The predicted molar refractivity (Wildman–Crippen MR) is 151 cm³/mol. The van der Waals surface area contributed by atoms with Gasteiger partial charge in [0.15, 0.2) is 17.3 Å². The first-order chi connectivity index (χ1) is 20.1. The van der Waals surface area contributed by atoms with E-state index in [0.29, 0.717) is 6.54 Å². The molecule has 0 saturated carbocycles. The summed E-state index contributed by atoms with van der Waals surface area (Å²) in [5.74, 6) is -5.59. The van der Waals surface area contributed by atoms with Crippen molar-refractivity contribution in [2.45, 2.75) is 31.7 Å². The highest BCUT2D eigenvalue weighted by Crippen LogP contribution is 2.45. The molecule has 0 unspecified atom stereocenters. The highest BCUT2D eigenvalue weighted by Gasteiger charge is 2.32. The Labute approximate surface area is 236 Å². The van der Waals surface area contributed by atoms with Crippen LogP contribution in [0, 0.1) is 0 Å². The van der Waals surface area contributed by atoms with Gasteiger partial charge in [0, 0.05) is 35.2 Å². The molecule has 5 N–H and O–H groups in total. The van der Waals surface area contributed by atoms with Crippen molar-refractivity contribution >= 4 is 27.8 Å². The van der Waals surface area contributed by atoms with Crippen LogP contribution >= 0.6 is 0 Å². The van der Waals surface area contributed by atoms with Gasteiger partial charge in [-0.2, -0.15) is 0 Å². The Morgan fingerprint density at radius 2 is 1.76 bits per heavy atom. The summed E-state index contributed by atoms with van der Waals surface area (Å²) in [7, 11) is 1.17. The number of hydrogen-bond donors (Lipinski definition) is 5. The SMILES string of the molecule is COC(=O)C[C@@H](c1cc2cccc3c2n(c1=O)CCC3)c1c(O)cc(O)c2c(=O)c(O)c(-c3ccc(O)c(O)c3)oc12. The van der Waals surface area contributed by atoms with Gasteiger partial charge in [0.2, 0.25) is 11.2 Å². The number of carbonyl (C=O) groups excluding carboxylic acids is 1. The van der Waals surface area contributed by atoms with Gasteiger partial charge in [-0.25, -0.2) is 0 Å². The average Bonchev–Trinajstić information content (AvgIpc) is 2.97. The molecule has 11 nitrogen and oxygen atoms in total. The van der Waals surface area contributed by atoms with Gasteiger partial charge in [-0.3, -0.25) is 14.4 Å². The number of methoxy groups -OCH3 is 1. The van der Waals surface area contributed by atoms with Gasteiger partial charge in [-0.1, -0.05) is 18.2 Å². The minimum atomic E-state index is -1.21. The first-order valence-electron chi connectivity index (χ1n) is 13.1. The third-order valence-corrected chi connectivity index (χ3v) is 7.75. The number of hydrogen-bond acceptors (Lipinski definition) is 10. The van der Waals surface area contributed by atoms with E-state index in [2.05, 4.69) is 0 Å². The number of benzene rings is 3. The number of carbonyl (C=O) groups is 1. The predicted octanol–water partition coefficient (Wildman–Crippen LogP) is 3.94. The van der Waals surface area contributed by atoms with Crippen LogP contribution in [-0.4, -0.2) is 43.2 Å². The Bertz CT molecular complexity index is 2060. The Kier molecular flexibility index (Phi) is 6.29. The Morgan fingerprint density at radius 3 is 2.50 bits per heavy atom. The van der Waals surface area contributed by atoms with Crippen LogP contribution in [0.1, 0.15) is 35.4 Å². The van der Waals surface area contributed by atoms with Crippen molar-refractivity contribution in [1.29, 1.82) is 0 Å². The lowest BCUT2D eigenvalue weighted by atomic mass is 9.85. The molecule has 6 rings (SSSR count). The van der Waals surface area contributed by atoms with Gasteiger partial charge in [-0.05, 0) is 48.1 Å². The second kappa shape index (κ2) is 9.88. The monoisotopic (exact) mass is 571 g/mol. The molecule has 0 fully saturated rings.